The molecule has 2 heterocycles. The summed E-state index contributed by atoms with van der Waals surface area (Å²) in [7, 11) is 0. The first-order chi connectivity index (χ1) is 5.97. The van der Waals surface area contributed by atoms with Crippen molar-refractivity contribution in [3.8, 4) is 0 Å². The molecule has 0 spiro atoms. The number of aromatic nitrogens is 1. The molecule has 0 saturated heterocycles. The van der Waals surface area contributed by atoms with Crippen molar-refractivity contribution >= 4 is 12.2 Å². The molecule has 0 aromatic carbocycles. The molecule has 1 aromatic heterocycles. The highest BCUT2D eigenvalue weighted by atomic mass is 15.2. The molecule has 0 atom stereocenters. The minimum atomic E-state index is 0.848. The highest BCUT2D eigenvalue weighted by Gasteiger charge is 2.02. The van der Waals surface area contributed by atoms with Gasteiger partial charge < -0.3 is 4.90 Å². The molecule has 3 heteroatoms. The highest BCUT2D eigenvalue weighted by Crippen LogP contribution is 2.08. The van der Waals surface area contributed by atoms with Gasteiger partial charge in [0, 0.05) is 18.9 Å². The van der Waals surface area contributed by atoms with Crippen molar-refractivity contribution in [1.29, 1.82) is 0 Å². The average molecular weight is 159 g/mol. The van der Waals surface area contributed by atoms with Crippen LogP contribution in [0.25, 0.3) is 0 Å². The van der Waals surface area contributed by atoms with E-state index in [1.165, 1.54) is 0 Å². The predicted molar refractivity (Wildman–Crippen MR) is 49.2 cm³/mol. The van der Waals surface area contributed by atoms with E-state index in [0.29, 0.717) is 0 Å². The normalized spacial score (nSPS) is 15.2. The monoisotopic (exact) mass is 159 g/mol. The molecule has 60 valence electrons. The van der Waals surface area contributed by atoms with Crippen molar-refractivity contribution in [1.82, 2.24) is 4.98 Å². The van der Waals surface area contributed by atoms with E-state index in [0.717, 1.165) is 12.4 Å². The van der Waals surface area contributed by atoms with E-state index in [1.807, 2.05) is 29.2 Å². The molecule has 0 unspecified atom stereocenters. The van der Waals surface area contributed by atoms with Crippen LogP contribution in [0.4, 0.5) is 5.82 Å². The first-order valence-electron chi connectivity index (χ1n) is 3.83. The van der Waals surface area contributed by atoms with Crippen LogP contribution < -0.4 is 4.90 Å². The number of nitrogens with zero attached hydrogens (tertiary/aromatic N) is 3. The lowest BCUT2D eigenvalue weighted by atomic mass is 10.4. The van der Waals surface area contributed by atoms with Gasteiger partial charge in [0.05, 0.1) is 6.34 Å². The Morgan fingerprint density at radius 3 is 3.00 bits per heavy atom. The number of hydrogen-bond donors (Lipinski definition) is 0. The fourth-order valence-corrected chi connectivity index (χ4v) is 1.06. The van der Waals surface area contributed by atoms with Crippen molar-refractivity contribution in [3.05, 3.63) is 36.7 Å². The quantitative estimate of drug-likeness (QED) is 0.620. The largest absolute Gasteiger partial charge is 0.313 e. The Bertz CT molecular complexity index is 303. The van der Waals surface area contributed by atoms with Gasteiger partial charge in [-0.15, -0.1) is 0 Å². The lowest BCUT2D eigenvalue weighted by Gasteiger charge is -2.17. The van der Waals surface area contributed by atoms with Gasteiger partial charge in [0.25, 0.3) is 0 Å². The number of hydrogen-bond acceptors (Lipinski definition) is 3. The number of pyridine rings is 1. The van der Waals surface area contributed by atoms with Gasteiger partial charge in [0.15, 0.2) is 0 Å². The minimum Gasteiger partial charge on any atom is -0.313 e. The zero-order valence-electron chi connectivity index (χ0n) is 6.59. The lowest BCUT2D eigenvalue weighted by molar-refractivity contribution is 1.08. The second-order valence-electron chi connectivity index (χ2n) is 2.49. The lowest BCUT2D eigenvalue weighted by Crippen LogP contribution is -2.23. The third-order valence-electron chi connectivity index (χ3n) is 1.64. The van der Waals surface area contributed by atoms with E-state index < -0.39 is 0 Å². The van der Waals surface area contributed by atoms with E-state index in [4.69, 9.17) is 0 Å². The van der Waals surface area contributed by atoms with Crippen LogP contribution in [-0.2, 0) is 0 Å². The Morgan fingerprint density at radius 1 is 1.33 bits per heavy atom. The summed E-state index contributed by atoms with van der Waals surface area (Å²) in [5.74, 6) is 0.936. The molecule has 0 aliphatic carbocycles. The zero-order valence-corrected chi connectivity index (χ0v) is 6.59. The van der Waals surface area contributed by atoms with E-state index in [-0.39, 0.29) is 0 Å². The van der Waals surface area contributed by atoms with Crippen molar-refractivity contribution < 1.29 is 0 Å². The molecule has 0 bridgehead atoms. The standard InChI is InChI=1S/C9H9N3/c1-2-6-11-9(4-1)12-7-3-5-10-8-12/h1-6,8H,7H2. The first kappa shape index (κ1) is 7.03. The highest BCUT2D eigenvalue weighted by molar-refractivity contribution is 5.78. The summed E-state index contributed by atoms with van der Waals surface area (Å²) < 4.78 is 0. The molecular formula is C9H9N3. The Morgan fingerprint density at radius 2 is 2.33 bits per heavy atom. The summed E-state index contributed by atoms with van der Waals surface area (Å²) in [6.45, 7) is 0.848. The van der Waals surface area contributed by atoms with Gasteiger partial charge in [-0.25, -0.2) is 9.98 Å². The molecule has 3 nitrogen and oxygen atoms in total. The molecular weight excluding hydrogens is 150 g/mol. The predicted octanol–water partition coefficient (Wildman–Crippen LogP) is 1.44. The van der Waals surface area contributed by atoms with Gasteiger partial charge >= 0.3 is 0 Å². The van der Waals surface area contributed by atoms with Gasteiger partial charge in [0.1, 0.15) is 5.82 Å². The SMILES string of the molecule is C1=CN=CN(c2ccccn2)C1. The molecule has 0 amide bonds. The van der Waals surface area contributed by atoms with Crippen molar-refractivity contribution in [2.24, 2.45) is 4.99 Å². The molecule has 1 aliphatic heterocycles. The summed E-state index contributed by atoms with van der Waals surface area (Å²) in [5.41, 5.74) is 0. The summed E-state index contributed by atoms with van der Waals surface area (Å²) >= 11 is 0. The van der Waals surface area contributed by atoms with Crippen LogP contribution in [0.15, 0.2) is 41.7 Å². The molecule has 1 aliphatic rings. The second-order valence-corrected chi connectivity index (χ2v) is 2.49. The minimum absolute atomic E-state index is 0.848. The van der Waals surface area contributed by atoms with Crippen LogP contribution in [0.1, 0.15) is 0 Å². The second kappa shape index (κ2) is 3.17. The van der Waals surface area contributed by atoms with Crippen LogP contribution >= 0.6 is 0 Å². The van der Waals surface area contributed by atoms with Crippen LogP contribution in [0, 0.1) is 0 Å². The van der Waals surface area contributed by atoms with E-state index in [9.17, 15) is 0 Å². The zero-order chi connectivity index (χ0) is 8.23. The molecule has 0 radical (unpaired) electrons. The summed E-state index contributed by atoms with van der Waals surface area (Å²) in [4.78, 5) is 10.2. The van der Waals surface area contributed by atoms with Gasteiger partial charge in [0.2, 0.25) is 0 Å². The van der Waals surface area contributed by atoms with Gasteiger partial charge in [-0.3, -0.25) is 0 Å². The molecule has 12 heavy (non-hydrogen) atoms. The number of aliphatic imine (C=N–C) groups is 1. The summed E-state index contributed by atoms with van der Waals surface area (Å²) in [6, 6.07) is 5.83. The van der Waals surface area contributed by atoms with Crippen molar-refractivity contribution in [2.75, 3.05) is 11.4 Å². The van der Waals surface area contributed by atoms with Crippen LogP contribution in [0.5, 0.6) is 0 Å². The maximum atomic E-state index is 4.20. The maximum Gasteiger partial charge on any atom is 0.133 e. The van der Waals surface area contributed by atoms with Gasteiger partial charge in [-0.1, -0.05) is 6.07 Å². The van der Waals surface area contributed by atoms with E-state index in [2.05, 4.69) is 9.98 Å². The summed E-state index contributed by atoms with van der Waals surface area (Å²) in [5, 5.41) is 0. The molecule has 0 saturated carbocycles. The molecule has 0 N–H and O–H groups in total. The third-order valence-corrected chi connectivity index (χ3v) is 1.64. The molecule has 2 rings (SSSR count). The Hall–Kier alpha value is -1.64. The van der Waals surface area contributed by atoms with Gasteiger partial charge in [-0.05, 0) is 18.2 Å². The van der Waals surface area contributed by atoms with Crippen molar-refractivity contribution in [3.63, 3.8) is 0 Å². The first-order valence-corrected chi connectivity index (χ1v) is 3.83. The molecule has 0 fully saturated rings. The summed E-state index contributed by atoms with van der Waals surface area (Å²) in [6.07, 6.45) is 7.35. The Labute approximate surface area is 71.1 Å². The Balaban J connectivity index is 2.21. The number of anilines is 1. The van der Waals surface area contributed by atoms with Gasteiger partial charge in [-0.2, -0.15) is 0 Å². The fourth-order valence-electron chi connectivity index (χ4n) is 1.06. The average Bonchev–Trinajstić information content (AvgIpc) is 2.21. The van der Waals surface area contributed by atoms with E-state index >= 15 is 0 Å². The van der Waals surface area contributed by atoms with Crippen LogP contribution in [0.2, 0.25) is 0 Å². The topological polar surface area (TPSA) is 28.5 Å². The third kappa shape index (κ3) is 1.34. The van der Waals surface area contributed by atoms with Crippen LogP contribution in [-0.4, -0.2) is 17.9 Å². The number of rotatable bonds is 1. The smallest absolute Gasteiger partial charge is 0.133 e. The molecule has 1 aromatic rings. The van der Waals surface area contributed by atoms with Crippen molar-refractivity contribution in [2.45, 2.75) is 0 Å². The maximum absolute atomic E-state index is 4.20. The Kier molecular flexibility index (Phi) is 1.86. The van der Waals surface area contributed by atoms with E-state index in [1.54, 1.807) is 18.7 Å². The fraction of sp³-hybridized carbons (Fsp3) is 0.111. The van der Waals surface area contributed by atoms with Crippen LogP contribution in [0.3, 0.4) is 0 Å².